The van der Waals surface area contributed by atoms with Crippen LogP contribution in [0.4, 0.5) is 0 Å². The topological polar surface area (TPSA) is 94.3 Å². The molecule has 0 unspecified atom stereocenters. The second kappa shape index (κ2) is 7.26. The van der Waals surface area contributed by atoms with E-state index in [4.69, 9.17) is 22.7 Å². The summed E-state index contributed by atoms with van der Waals surface area (Å²) in [4.78, 5) is 3.89. The summed E-state index contributed by atoms with van der Waals surface area (Å²) in [5, 5.41) is 0. The van der Waals surface area contributed by atoms with Crippen molar-refractivity contribution < 1.29 is 13.2 Å². The maximum atomic E-state index is 12.2. The van der Waals surface area contributed by atoms with E-state index in [0.717, 1.165) is 6.61 Å². The minimum atomic E-state index is -3.66. The van der Waals surface area contributed by atoms with Gasteiger partial charge in [0.2, 0.25) is 10.0 Å². The summed E-state index contributed by atoms with van der Waals surface area (Å²) in [6.07, 6.45) is 4.57. The molecule has 3 N–H and O–H groups in total. The molecule has 1 aliphatic carbocycles. The first-order valence-electron chi connectivity index (χ1n) is 6.83. The lowest BCUT2D eigenvalue weighted by atomic mass is 10.3. The fraction of sp³-hybridized carbons (Fsp3) is 0.538. The molecule has 0 aliphatic heterocycles. The summed E-state index contributed by atoms with van der Waals surface area (Å²) in [5.41, 5.74) is 5.61. The summed E-state index contributed by atoms with van der Waals surface area (Å²) in [6, 6.07) is 2.97. The van der Waals surface area contributed by atoms with E-state index in [9.17, 15) is 8.42 Å². The Labute approximate surface area is 130 Å². The van der Waals surface area contributed by atoms with Crippen LogP contribution in [0.5, 0.6) is 0 Å². The molecule has 1 aromatic rings. The molecule has 0 bridgehead atoms. The monoisotopic (exact) mass is 329 g/mol. The zero-order chi connectivity index (χ0) is 15.3. The standard InChI is InChI=1S/C13H19N3O3S2/c14-13(20)12-11(3-1-6-15-12)21(17,18)16-7-2-8-19-9-10-4-5-10/h1,3,6,10,16H,2,4-5,7-9H2,(H2,14,20). The first kappa shape index (κ1) is 16.3. The second-order valence-corrected chi connectivity index (χ2v) is 7.16. The number of pyridine rings is 1. The van der Waals surface area contributed by atoms with Crippen molar-refractivity contribution in [1.82, 2.24) is 9.71 Å². The molecule has 0 amide bonds. The average molecular weight is 329 g/mol. The number of thiocarbonyl (C=S) groups is 1. The predicted molar refractivity (Wildman–Crippen MR) is 83.5 cm³/mol. The normalized spacial score (nSPS) is 15.0. The van der Waals surface area contributed by atoms with Gasteiger partial charge in [-0.15, -0.1) is 0 Å². The number of nitrogens with one attached hydrogen (secondary N) is 1. The van der Waals surface area contributed by atoms with Crippen LogP contribution in [0.15, 0.2) is 23.2 Å². The molecule has 0 radical (unpaired) electrons. The maximum absolute atomic E-state index is 12.2. The molecule has 0 spiro atoms. The Balaban J connectivity index is 1.84. The van der Waals surface area contributed by atoms with Crippen LogP contribution in [0.25, 0.3) is 0 Å². The van der Waals surface area contributed by atoms with Crippen LogP contribution in [0, 0.1) is 5.92 Å². The van der Waals surface area contributed by atoms with E-state index in [-0.39, 0.29) is 15.6 Å². The number of nitrogens with two attached hydrogens (primary N) is 1. The number of rotatable bonds is 9. The third kappa shape index (κ3) is 4.99. The zero-order valence-electron chi connectivity index (χ0n) is 11.6. The minimum absolute atomic E-state index is 0.0106. The number of aromatic nitrogens is 1. The molecular formula is C13H19N3O3S2. The van der Waals surface area contributed by atoms with Crippen LogP contribution in [-0.2, 0) is 14.8 Å². The van der Waals surface area contributed by atoms with Gasteiger partial charge in [0.1, 0.15) is 15.6 Å². The van der Waals surface area contributed by atoms with Gasteiger partial charge in [-0.3, -0.25) is 4.98 Å². The molecule has 0 atom stereocenters. The number of hydrogen-bond acceptors (Lipinski definition) is 5. The van der Waals surface area contributed by atoms with Crippen LogP contribution >= 0.6 is 12.2 Å². The lowest BCUT2D eigenvalue weighted by Crippen LogP contribution is -2.28. The van der Waals surface area contributed by atoms with Crippen molar-refractivity contribution in [2.24, 2.45) is 11.7 Å². The van der Waals surface area contributed by atoms with Gasteiger partial charge >= 0.3 is 0 Å². The fourth-order valence-electron chi connectivity index (χ4n) is 1.79. The Kier molecular flexibility index (Phi) is 5.63. The fourth-order valence-corrected chi connectivity index (χ4v) is 3.26. The number of hydrogen-bond donors (Lipinski definition) is 2. The quantitative estimate of drug-likeness (QED) is 0.514. The van der Waals surface area contributed by atoms with Gasteiger partial charge in [0, 0.05) is 26.0 Å². The first-order valence-corrected chi connectivity index (χ1v) is 8.72. The zero-order valence-corrected chi connectivity index (χ0v) is 13.3. The minimum Gasteiger partial charge on any atom is -0.388 e. The Bertz CT molecular complexity index is 600. The Hall–Kier alpha value is -1.09. The third-order valence-electron chi connectivity index (χ3n) is 3.10. The Morgan fingerprint density at radius 2 is 2.29 bits per heavy atom. The lowest BCUT2D eigenvalue weighted by molar-refractivity contribution is 0.123. The molecule has 21 heavy (non-hydrogen) atoms. The van der Waals surface area contributed by atoms with Gasteiger partial charge in [-0.2, -0.15) is 0 Å². The van der Waals surface area contributed by atoms with Gasteiger partial charge in [-0.25, -0.2) is 13.1 Å². The molecular weight excluding hydrogens is 310 g/mol. The predicted octanol–water partition coefficient (Wildman–Crippen LogP) is 0.811. The van der Waals surface area contributed by atoms with Crippen LogP contribution in [0.3, 0.4) is 0 Å². The Morgan fingerprint density at radius 1 is 1.52 bits per heavy atom. The molecule has 116 valence electrons. The highest BCUT2D eigenvalue weighted by Crippen LogP contribution is 2.28. The van der Waals surface area contributed by atoms with Gasteiger partial charge in [-0.05, 0) is 37.3 Å². The number of nitrogens with zero attached hydrogens (tertiary/aromatic N) is 1. The summed E-state index contributed by atoms with van der Waals surface area (Å²) in [7, 11) is -3.66. The van der Waals surface area contributed by atoms with Crippen molar-refractivity contribution in [1.29, 1.82) is 0 Å². The van der Waals surface area contributed by atoms with Crippen molar-refractivity contribution in [2.45, 2.75) is 24.2 Å². The third-order valence-corrected chi connectivity index (χ3v) is 4.79. The molecule has 0 saturated heterocycles. The molecule has 6 nitrogen and oxygen atoms in total. The highest BCUT2D eigenvalue weighted by molar-refractivity contribution is 7.89. The summed E-state index contributed by atoms with van der Waals surface area (Å²) in [6.45, 7) is 1.63. The van der Waals surface area contributed by atoms with Gasteiger partial charge in [0.15, 0.2) is 0 Å². The molecule has 1 fully saturated rings. The highest BCUT2D eigenvalue weighted by Gasteiger charge is 2.21. The molecule has 0 aromatic carbocycles. The summed E-state index contributed by atoms with van der Waals surface area (Å²) < 4.78 is 32.4. The van der Waals surface area contributed by atoms with Crippen LogP contribution in [-0.4, -0.2) is 38.1 Å². The lowest BCUT2D eigenvalue weighted by Gasteiger charge is -2.10. The molecule has 1 aliphatic rings. The van der Waals surface area contributed by atoms with Crippen LogP contribution in [0.2, 0.25) is 0 Å². The van der Waals surface area contributed by atoms with Gasteiger partial charge in [-0.1, -0.05) is 12.2 Å². The highest BCUT2D eigenvalue weighted by atomic mass is 32.2. The smallest absolute Gasteiger partial charge is 0.242 e. The molecule has 2 rings (SSSR count). The first-order chi connectivity index (χ1) is 10.0. The molecule has 1 aromatic heterocycles. The second-order valence-electron chi connectivity index (χ2n) is 4.98. The molecule has 8 heteroatoms. The van der Waals surface area contributed by atoms with Crippen LogP contribution < -0.4 is 10.5 Å². The van der Waals surface area contributed by atoms with Gasteiger partial charge in [0.05, 0.1) is 0 Å². The Morgan fingerprint density at radius 3 is 2.95 bits per heavy atom. The van der Waals surface area contributed by atoms with E-state index in [1.807, 2.05) is 0 Å². The van der Waals surface area contributed by atoms with E-state index in [0.29, 0.717) is 25.5 Å². The van der Waals surface area contributed by atoms with E-state index < -0.39 is 10.0 Å². The van der Waals surface area contributed by atoms with Gasteiger partial charge < -0.3 is 10.5 Å². The van der Waals surface area contributed by atoms with Crippen LogP contribution in [0.1, 0.15) is 25.0 Å². The van der Waals surface area contributed by atoms with Crippen molar-refractivity contribution in [3.05, 3.63) is 24.0 Å². The van der Waals surface area contributed by atoms with Gasteiger partial charge in [0.25, 0.3) is 0 Å². The van der Waals surface area contributed by atoms with E-state index >= 15 is 0 Å². The largest absolute Gasteiger partial charge is 0.388 e. The number of ether oxygens (including phenoxy) is 1. The molecule has 1 heterocycles. The van der Waals surface area contributed by atoms with Crippen molar-refractivity contribution >= 4 is 27.2 Å². The maximum Gasteiger partial charge on any atom is 0.242 e. The van der Waals surface area contributed by atoms with Crippen molar-refractivity contribution in [2.75, 3.05) is 19.8 Å². The summed E-state index contributed by atoms with van der Waals surface area (Å²) in [5.74, 6) is 0.713. The van der Waals surface area contributed by atoms with E-state index in [1.165, 1.54) is 31.2 Å². The van der Waals surface area contributed by atoms with Crippen molar-refractivity contribution in [3.63, 3.8) is 0 Å². The average Bonchev–Trinajstić information content (AvgIpc) is 3.27. The SMILES string of the molecule is NC(=S)c1ncccc1S(=O)(=O)NCCCOCC1CC1. The van der Waals surface area contributed by atoms with Crippen molar-refractivity contribution in [3.8, 4) is 0 Å². The molecule has 1 saturated carbocycles. The van der Waals surface area contributed by atoms with E-state index in [1.54, 1.807) is 0 Å². The summed E-state index contributed by atoms with van der Waals surface area (Å²) >= 11 is 4.82. The van der Waals surface area contributed by atoms with E-state index in [2.05, 4.69) is 9.71 Å². The number of sulfonamides is 1.